The zero-order valence-electron chi connectivity index (χ0n) is 12.9. The largest absolute Gasteiger partial charge is 0.338 e. The highest BCUT2D eigenvalue weighted by Crippen LogP contribution is 2.39. The fourth-order valence-corrected chi connectivity index (χ4v) is 3.89. The maximum absolute atomic E-state index is 6.21. The summed E-state index contributed by atoms with van der Waals surface area (Å²) in [5, 5.41) is 8.83. The van der Waals surface area contributed by atoms with Crippen molar-refractivity contribution in [1.82, 2.24) is 20.4 Å². The molecular formula is C15H18Cl2N4OS. The Morgan fingerprint density at radius 3 is 3.04 bits per heavy atom. The summed E-state index contributed by atoms with van der Waals surface area (Å²) in [5.74, 6) is 1.32. The minimum atomic E-state index is -0.00549. The van der Waals surface area contributed by atoms with E-state index in [0.29, 0.717) is 15.9 Å². The van der Waals surface area contributed by atoms with Crippen molar-refractivity contribution in [1.29, 1.82) is 0 Å². The van der Waals surface area contributed by atoms with E-state index in [1.54, 1.807) is 23.9 Å². The second kappa shape index (κ2) is 7.40. The van der Waals surface area contributed by atoms with Gasteiger partial charge in [-0.15, -0.1) is 11.8 Å². The number of hydrogen-bond acceptors (Lipinski definition) is 6. The molecule has 1 saturated heterocycles. The van der Waals surface area contributed by atoms with Crippen LogP contribution in [0, 0.1) is 0 Å². The Balaban J connectivity index is 1.73. The minimum absolute atomic E-state index is 0.00549. The van der Waals surface area contributed by atoms with Gasteiger partial charge in [0.15, 0.2) is 5.82 Å². The fourth-order valence-electron chi connectivity index (χ4n) is 2.45. The van der Waals surface area contributed by atoms with Gasteiger partial charge in [-0.3, -0.25) is 4.90 Å². The second-order valence-corrected chi connectivity index (χ2v) is 7.75. The number of halogens is 2. The van der Waals surface area contributed by atoms with Crippen LogP contribution in [0.2, 0.25) is 10.0 Å². The Hall–Kier alpha value is -0.790. The summed E-state index contributed by atoms with van der Waals surface area (Å²) >= 11 is 13.8. The lowest BCUT2D eigenvalue weighted by Crippen LogP contribution is -2.44. The van der Waals surface area contributed by atoms with Gasteiger partial charge in [-0.1, -0.05) is 28.4 Å². The molecule has 0 saturated carbocycles. The van der Waals surface area contributed by atoms with Crippen molar-refractivity contribution in [2.45, 2.75) is 23.1 Å². The van der Waals surface area contributed by atoms with Crippen molar-refractivity contribution >= 4 is 35.0 Å². The number of nitrogens with one attached hydrogen (secondary N) is 1. The second-order valence-electron chi connectivity index (χ2n) is 5.53. The van der Waals surface area contributed by atoms with Gasteiger partial charge in [0, 0.05) is 29.6 Å². The lowest BCUT2D eigenvalue weighted by molar-refractivity contribution is 0.190. The average Bonchev–Trinajstić information content (AvgIpc) is 3.01. The molecule has 2 unspecified atom stereocenters. The molecule has 23 heavy (non-hydrogen) atoms. The average molecular weight is 373 g/mol. The lowest BCUT2D eigenvalue weighted by atomic mass is 10.2. The third-order valence-corrected chi connectivity index (χ3v) is 5.63. The Bertz CT molecular complexity index is 681. The van der Waals surface area contributed by atoms with Gasteiger partial charge in [-0.05, 0) is 32.2 Å². The van der Waals surface area contributed by atoms with Crippen LogP contribution in [0.3, 0.4) is 0 Å². The number of thioether (sulfide) groups is 1. The van der Waals surface area contributed by atoms with Crippen LogP contribution < -0.4 is 5.32 Å². The van der Waals surface area contributed by atoms with E-state index in [9.17, 15) is 0 Å². The van der Waals surface area contributed by atoms with E-state index >= 15 is 0 Å². The summed E-state index contributed by atoms with van der Waals surface area (Å²) in [6.45, 7) is 4.80. The van der Waals surface area contributed by atoms with Crippen molar-refractivity contribution < 1.29 is 4.52 Å². The van der Waals surface area contributed by atoms with E-state index in [0.717, 1.165) is 30.4 Å². The van der Waals surface area contributed by atoms with Gasteiger partial charge in [-0.2, -0.15) is 4.98 Å². The molecule has 1 aliphatic heterocycles. The van der Waals surface area contributed by atoms with Gasteiger partial charge < -0.3 is 9.84 Å². The molecule has 0 aliphatic carbocycles. The third-order valence-electron chi connectivity index (χ3n) is 3.81. The van der Waals surface area contributed by atoms with E-state index in [4.69, 9.17) is 27.7 Å². The summed E-state index contributed by atoms with van der Waals surface area (Å²) < 4.78 is 5.46. The normalized spacial score (nSPS) is 20.6. The molecule has 2 atom stereocenters. The van der Waals surface area contributed by atoms with Gasteiger partial charge in [0.2, 0.25) is 5.89 Å². The Morgan fingerprint density at radius 2 is 2.26 bits per heavy atom. The van der Waals surface area contributed by atoms with Gasteiger partial charge in [0.1, 0.15) is 0 Å². The molecule has 1 aromatic heterocycles. The van der Waals surface area contributed by atoms with Gasteiger partial charge >= 0.3 is 0 Å². The van der Waals surface area contributed by atoms with Crippen LogP contribution >= 0.6 is 35.0 Å². The smallest absolute Gasteiger partial charge is 0.239 e. The highest BCUT2D eigenvalue weighted by molar-refractivity contribution is 7.99. The summed E-state index contributed by atoms with van der Waals surface area (Å²) in [7, 11) is 2.07. The number of hydrogen-bond donors (Lipinski definition) is 1. The molecule has 0 amide bonds. The first kappa shape index (κ1) is 17.0. The molecule has 0 spiro atoms. The zero-order chi connectivity index (χ0) is 16.4. The van der Waals surface area contributed by atoms with Crippen molar-refractivity contribution in [3.05, 3.63) is 40.0 Å². The molecule has 2 aromatic rings. The van der Waals surface area contributed by atoms with Crippen molar-refractivity contribution in [2.24, 2.45) is 0 Å². The van der Waals surface area contributed by atoms with E-state index in [-0.39, 0.29) is 11.3 Å². The summed E-state index contributed by atoms with van der Waals surface area (Å²) in [6, 6.07) is 5.56. The quantitative estimate of drug-likeness (QED) is 0.823. The number of rotatable bonds is 4. The maximum atomic E-state index is 6.21. The predicted molar refractivity (Wildman–Crippen MR) is 93.3 cm³/mol. The van der Waals surface area contributed by atoms with E-state index in [2.05, 4.69) is 27.4 Å². The fraction of sp³-hybridized carbons (Fsp3) is 0.467. The predicted octanol–water partition coefficient (Wildman–Crippen LogP) is 3.81. The molecule has 1 aliphatic rings. The van der Waals surface area contributed by atoms with E-state index < -0.39 is 0 Å². The van der Waals surface area contributed by atoms with Crippen LogP contribution in [0.25, 0.3) is 0 Å². The standard InChI is InChI=1S/C15H18Cl2N4OS/c1-9(23-13-7-10(16)3-4-11(13)17)15-19-14(20-22-15)12-8-18-5-6-21(12)2/h3-4,7,9,12,18H,5-6,8H2,1-2H3. The van der Waals surface area contributed by atoms with E-state index in [1.807, 2.05) is 13.0 Å². The first-order valence-electron chi connectivity index (χ1n) is 7.41. The Kier molecular flexibility index (Phi) is 5.49. The molecule has 5 nitrogen and oxygen atoms in total. The zero-order valence-corrected chi connectivity index (χ0v) is 15.3. The molecule has 1 N–H and O–H groups in total. The molecule has 8 heteroatoms. The monoisotopic (exact) mass is 372 g/mol. The van der Waals surface area contributed by atoms with Crippen LogP contribution in [0.15, 0.2) is 27.6 Å². The number of nitrogens with zero attached hydrogens (tertiary/aromatic N) is 3. The minimum Gasteiger partial charge on any atom is -0.338 e. The first-order chi connectivity index (χ1) is 11.0. The molecule has 0 bridgehead atoms. The summed E-state index contributed by atoms with van der Waals surface area (Å²) in [4.78, 5) is 7.71. The highest BCUT2D eigenvalue weighted by atomic mass is 35.5. The number of benzene rings is 1. The SMILES string of the molecule is CC(Sc1cc(Cl)ccc1Cl)c1nc(C2CNCCN2C)no1. The van der Waals surface area contributed by atoms with Crippen LogP contribution in [-0.2, 0) is 0 Å². The highest BCUT2D eigenvalue weighted by Gasteiger charge is 2.26. The number of piperazine rings is 1. The molecule has 124 valence electrons. The molecule has 3 rings (SSSR count). The van der Waals surface area contributed by atoms with Crippen LogP contribution in [-0.4, -0.2) is 41.7 Å². The molecule has 1 aromatic carbocycles. The third kappa shape index (κ3) is 4.00. The topological polar surface area (TPSA) is 54.2 Å². The van der Waals surface area contributed by atoms with Crippen LogP contribution in [0.4, 0.5) is 0 Å². The maximum Gasteiger partial charge on any atom is 0.239 e. The van der Waals surface area contributed by atoms with Gasteiger partial charge in [0.25, 0.3) is 0 Å². The van der Waals surface area contributed by atoms with Crippen molar-refractivity contribution in [3.63, 3.8) is 0 Å². The number of likely N-dealkylation sites (N-methyl/N-ethyl adjacent to an activating group) is 1. The van der Waals surface area contributed by atoms with Crippen LogP contribution in [0.5, 0.6) is 0 Å². The van der Waals surface area contributed by atoms with E-state index in [1.165, 1.54) is 0 Å². The van der Waals surface area contributed by atoms with Crippen LogP contribution in [0.1, 0.15) is 29.9 Å². The van der Waals surface area contributed by atoms with Crippen molar-refractivity contribution in [2.75, 3.05) is 26.7 Å². The first-order valence-corrected chi connectivity index (χ1v) is 9.04. The van der Waals surface area contributed by atoms with Gasteiger partial charge in [0.05, 0.1) is 16.3 Å². The van der Waals surface area contributed by atoms with Crippen molar-refractivity contribution in [3.8, 4) is 0 Å². The summed E-state index contributed by atoms with van der Waals surface area (Å²) in [6.07, 6.45) is 0. The molecule has 1 fully saturated rings. The Morgan fingerprint density at radius 1 is 1.43 bits per heavy atom. The van der Waals surface area contributed by atoms with Gasteiger partial charge in [-0.25, -0.2) is 0 Å². The molecular weight excluding hydrogens is 355 g/mol. The molecule has 0 radical (unpaired) electrons. The Labute approximate surface area is 149 Å². The molecule has 2 heterocycles. The number of aromatic nitrogens is 2. The summed E-state index contributed by atoms with van der Waals surface area (Å²) in [5.41, 5.74) is 0. The lowest BCUT2D eigenvalue weighted by Gasteiger charge is -2.30.